The van der Waals surface area contributed by atoms with Crippen molar-refractivity contribution in [3.63, 3.8) is 0 Å². The maximum Gasteiger partial charge on any atom is 0.171 e. The van der Waals surface area contributed by atoms with E-state index in [4.69, 9.17) is 9.47 Å². The van der Waals surface area contributed by atoms with Gasteiger partial charge in [-0.25, -0.2) is 0 Å². The molecule has 0 aromatic heterocycles. The van der Waals surface area contributed by atoms with Crippen LogP contribution in [0.3, 0.4) is 0 Å². The maximum atomic E-state index is 13.1. The molecule has 4 aliphatic carbocycles. The van der Waals surface area contributed by atoms with Crippen molar-refractivity contribution in [2.75, 3.05) is 13.2 Å². The number of ketones is 1. The average Bonchev–Trinajstić information content (AvgIpc) is 3.36. The van der Waals surface area contributed by atoms with Crippen molar-refractivity contribution in [2.24, 2.45) is 17.3 Å². The summed E-state index contributed by atoms with van der Waals surface area (Å²) in [5, 5.41) is 21.4. The number of rotatable bonds is 2. The number of carbonyl (C=O) groups is 1. The molecule has 3 saturated carbocycles. The van der Waals surface area contributed by atoms with Gasteiger partial charge in [-0.1, -0.05) is 36.8 Å². The lowest BCUT2D eigenvalue weighted by Gasteiger charge is -2.55. The Labute approximate surface area is 189 Å². The van der Waals surface area contributed by atoms with Crippen LogP contribution in [0.4, 0.5) is 0 Å². The van der Waals surface area contributed by atoms with E-state index < -0.39 is 11.4 Å². The molecular formula is C27H34O5. The summed E-state index contributed by atoms with van der Waals surface area (Å²) in [5.74, 6) is 0.663. The molecule has 4 fully saturated rings. The molecule has 1 spiro atoms. The lowest BCUT2D eigenvalue weighted by atomic mass is 9.51. The quantitative estimate of drug-likeness (QED) is 0.682. The number of fused-ring (bicyclic) bond motifs is 4. The van der Waals surface area contributed by atoms with Crippen molar-refractivity contribution in [3.05, 3.63) is 46.5 Å². The second-order valence-electron chi connectivity index (χ2n) is 11.0. The van der Waals surface area contributed by atoms with Gasteiger partial charge in [-0.3, -0.25) is 4.79 Å². The molecule has 6 rings (SSSR count). The molecule has 0 radical (unpaired) electrons. The van der Waals surface area contributed by atoms with Crippen LogP contribution in [0.2, 0.25) is 0 Å². The third-order valence-corrected chi connectivity index (χ3v) is 9.50. The Morgan fingerprint density at radius 3 is 2.53 bits per heavy atom. The third-order valence-electron chi connectivity index (χ3n) is 9.50. The Balaban J connectivity index is 1.47. The Bertz CT molecular complexity index is 959. The highest BCUT2D eigenvalue weighted by Gasteiger charge is 2.60. The summed E-state index contributed by atoms with van der Waals surface area (Å²) in [4.78, 5) is 13.1. The van der Waals surface area contributed by atoms with Crippen LogP contribution in [0.5, 0.6) is 0 Å². The number of benzene rings is 1. The summed E-state index contributed by atoms with van der Waals surface area (Å²) in [6.45, 7) is 3.43. The second kappa shape index (κ2) is 7.23. The van der Waals surface area contributed by atoms with Gasteiger partial charge in [-0.2, -0.15) is 0 Å². The molecule has 0 bridgehead atoms. The van der Waals surface area contributed by atoms with E-state index >= 15 is 0 Å². The summed E-state index contributed by atoms with van der Waals surface area (Å²) < 4.78 is 12.0. The minimum absolute atomic E-state index is 0.0294. The largest absolute Gasteiger partial charge is 0.392 e. The van der Waals surface area contributed by atoms with Gasteiger partial charge in [0.2, 0.25) is 0 Å². The van der Waals surface area contributed by atoms with Gasteiger partial charge in [0.15, 0.2) is 5.79 Å². The lowest BCUT2D eigenvalue weighted by Crippen LogP contribution is -2.53. The summed E-state index contributed by atoms with van der Waals surface area (Å²) >= 11 is 0. The van der Waals surface area contributed by atoms with E-state index in [9.17, 15) is 15.0 Å². The van der Waals surface area contributed by atoms with Gasteiger partial charge in [-0.05, 0) is 60.6 Å². The number of aliphatic hydroxyl groups excluding tert-OH is 1. The summed E-state index contributed by atoms with van der Waals surface area (Å²) in [6, 6.07) is 8.22. The van der Waals surface area contributed by atoms with Crippen LogP contribution >= 0.6 is 0 Å². The standard InChI is InChI=1S/C27H34O5/c1-25-14-20(18-4-2-17(15-28)3-5-18)24-19(21(25)6-7-23(25)29)8-10-26(30)16-27(11-9-22(24)26)31-12-13-32-27/h2-5,19-21,28,30H,6-16H2,1H3/t19?,20?,21?,25-,26+/m0/s1. The van der Waals surface area contributed by atoms with Crippen molar-refractivity contribution in [1.82, 2.24) is 0 Å². The zero-order valence-electron chi connectivity index (χ0n) is 18.9. The number of hydrogen-bond donors (Lipinski definition) is 2. The maximum absolute atomic E-state index is 13.1. The van der Waals surface area contributed by atoms with Gasteiger partial charge >= 0.3 is 0 Å². The number of hydrogen-bond acceptors (Lipinski definition) is 5. The Kier molecular flexibility index (Phi) is 4.75. The molecule has 0 amide bonds. The second-order valence-corrected chi connectivity index (χ2v) is 11.0. The van der Waals surface area contributed by atoms with Crippen molar-refractivity contribution in [1.29, 1.82) is 0 Å². The molecule has 1 aromatic rings. The van der Waals surface area contributed by atoms with Gasteiger partial charge in [0.05, 0.1) is 25.4 Å². The van der Waals surface area contributed by atoms with Crippen LogP contribution in [0.1, 0.15) is 75.3 Å². The zero-order valence-corrected chi connectivity index (χ0v) is 18.9. The van der Waals surface area contributed by atoms with Crippen LogP contribution in [-0.4, -0.2) is 40.6 Å². The van der Waals surface area contributed by atoms with Crippen LogP contribution in [0.15, 0.2) is 35.4 Å². The molecule has 1 heterocycles. The fourth-order valence-electron chi connectivity index (χ4n) is 7.94. The monoisotopic (exact) mass is 438 g/mol. The zero-order chi connectivity index (χ0) is 22.1. The molecule has 3 unspecified atom stereocenters. The summed E-state index contributed by atoms with van der Waals surface area (Å²) in [7, 11) is 0. The molecule has 32 heavy (non-hydrogen) atoms. The molecular weight excluding hydrogens is 404 g/mol. The predicted molar refractivity (Wildman–Crippen MR) is 119 cm³/mol. The molecule has 5 heteroatoms. The van der Waals surface area contributed by atoms with Gasteiger partial charge in [0.1, 0.15) is 5.78 Å². The molecule has 2 N–H and O–H groups in total. The minimum atomic E-state index is -0.881. The highest BCUT2D eigenvalue weighted by atomic mass is 16.7. The van der Waals surface area contributed by atoms with Crippen LogP contribution < -0.4 is 0 Å². The van der Waals surface area contributed by atoms with E-state index in [-0.39, 0.29) is 17.9 Å². The van der Waals surface area contributed by atoms with E-state index in [1.807, 2.05) is 12.1 Å². The lowest BCUT2D eigenvalue weighted by molar-refractivity contribution is -0.208. The number of allylic oxidation sites excluding steroid dienone is 1. The van der Waals surface area contributed by atoms with Crippen molar-refractivity contribution in [2.45, 2.75) is 82.2 Å². The highest BCUT2D eigenvalue weighted by Crippen LogP contribution is 2.64. The van der Waals surface area contributed by atoms with Crippen molar-refractivity contribution in [3.8, 4) is 0 Å². The normalized spacial score (nSPS) is 40.3. The van der Waals surface area contributed by atoms with E-state index in [1.165, 1.54) is 16.7 Å². The Hall–Kier alpha value is -1.53. The minimum Gasteiger partial charge on any atom is -0.392 e. The summed E-state index contributed by atoms with van der Waals surface area (Å²) in [5.41, 5.74) is 3.55. The number of carbonyl (C=O) groups excluding carboxylic acids is 1. The topological polar surface area (TPSA) is 76.0 Å². The molecule has 5 nitrogen and oxygen atoms in total. The SMILES string of the molecule is C[C@]12CC(c3ccc(CO)cc3)C3=C4CCC5(C[C@]4(O)CCC3C1CCC2=O)OCCO5. The Morgan fingerprint density at radius 1 is 1.06 bits per heavy atom. The molecule has 5 aliphatic rings. The first-order valence-electron chi connectivity index (χ1n) is 12.3. The molecule has 172 valence electrons. The molecule has 1 aliphatic heterocycles. The first kappa shape index (κ1) is 21.0. The van der Waals surface area contributed by atoms with Gasteiger partial charge in [-0.15, -0.1) is 0 Å². The molecule has 1 aromatic carbocycles. The Morgan fingerprint density at radius 2 is 1.81 bits per heavy atom. The average molecular weight is 439 g/mol. The predicted octanol–water partition coefficient (Wildman–Crippen LogP) is 4.02. The van der Waals surface area contributed by atoms with E-state index in [0.29, 0.717) is 43.7 Å². The molecule has 1 saturated heterocycles. The first-order valence-corrected chi connectivity index (χ1v) is 12.3. The van der Waals surface area contributed by atoms with Crippen LogP contribution in [-0.2, 0) is 20.9 Å². The molecule has 5 atom stereocenters. The van der Waals surface area contributed by atoms with Crippen LogP contribution in [0, 0.1) is 17.3 Å². The van der Waals surface area contributed by atoms with Gasteiger partial charge in [0.25, 0.3) is 0 Å². The number of Topliss-reactive ketones (excluding diaryl/α,β-unsaturated/α-hetero) is 1. The van der Waals surface area contributed by atoms with Gasteiger partial charge in [0, 0.05) is 30.6 Å². The van der Waals surface area contributed by atoms with Crippen molar-refractivity contribution < 1.29 is 24.5 Å². The number of aliphatic hydroxyl groups is 2. The first-order chi connectivity index (χ1) is 15.4. The van der Waals surface area contributed by atoms with Crippen LogP contribution in [0.25, 0.3) is 0 Å². The number of ether oxygens (including phenoxy) is 2. The van der Waals surface area contributed by atoms with Crippen molar-refractivity contribution >= 4 is 5.78 Å². The summed E-state index contributed by atoms with van der Waals surface area (Å²) in [6.07, 6.45) is 6.23. The van der Waals surface area contributed by atoms with Gasteiger partial charge < -0.3 is 19.7 Å². The van der Waals surface area contributed by atoms with E-state index in [2.05, 4.69) is 19.1 Å². The third kappa shape index (κ3) is 2.94. The smallest absolute Gasteiger partial charge is 0.171 e. The fraction of sp³-hybridized carbons (Fsp3) is 0.667. The highest BCUT2D eigenvalue weighted by molar-refractivity contribution is 5.87. The van der Waals surface area contributed by atoms with E-state index in [1.54, 1.807) is 0 Å². The van der Waals surface area contributed by atoms with E-state index in [0.717, 1.165) is 44.1 Å². The fourth-order valence-corrected chi connectivity index (χ4v) is 7.94.